The van der Waals surface area contributed by atoms with E-state index in [0.29, 0.717) is 18.0 Å². The van der Waals surface area contributed by atoms with Gasteiger partial charge in [0, 0.05) is 13.1 Å². The zero-order valence-corrected chi connectivity index (χ0v) is 13.1. The van der Waals surface area contributed by atoms with Gasteiger partial charge in [0.2, 0.25) is 10.0 Å². The van der Waals surface area contributed by atoms with Crippen molar-refractivity contribution in [3.8, 4) is 0 Å². The summed E-state index contributed by atoms with van der Waals surface area (Å²) in [7, 11) is -1.61. The fourth-order valence-electron chi connectivity index (χ4n) is 2.85. The molecule has 0 atom stereocenters. The van der Waals surface area contributed by atoms with E-state index in [4.69, 9.17) is 0 Å². The third kappa shape index (κ3) is 3.59. The number of sulfonamides is 1. The van der Waals surface area contributed by atoms with Crippen LogP contribution in [0.15, 0.2) is 29.2 Å². The molecule has 0 aromatic heterocycles. The van der Waals surface area contributed by atoms with Crippen LogP contribution in [0.1, 0.15) is 38.2 Å². The Bertz CT molecular complexity index is 549. The Labute approximate surface area is 122 Å². The monoisotopic (exact) mass is 296 g/mol. The summed E-state index contributed by atoms with van der Waals surface area (Å²) in [5.41, 5.74) is 0.921. The summed E-state index contributed by atoms with van der Waals surface area (Å²) in [5, 5.41) is 3.01. The van der Waals surface area contributed by atoms with Crippen LogP contribution >= 0.6 is 0 Å². The fourth-order valence-corrected chi connectivity index (χ4v) is 4.29. The smallest absolute Gasteiger partial charge is 0.240 e. The second-order valence-corrected chi connectivity index (χ2v) is 7.72. The van der Waals surface area contributed by atoms with Gasteiger partial charge in [-0.1, -0.05) is 38.0 Å². The second-order valence-electron chi connectivity index (χ2n) is 5.98. The Morgan fingerprint density at radius 1 is 1.20 bits per heavy atom. The maximum atomic E-state index is 12.5. The van der Waals surface area contributed by atoms with Crippen molar-refractivity contribution in [3.05, 3.63) is 29.8 Å². The van der Waals surface area contributed by atoms with Crippen molar-refractivity contribution in [2.45, 2.75) is 44.0 Å². The molecule has 0 aliphatic heterocycles. The zero-order chi connectivity index (χ0) is 14.6. The molecule has 0 radical (unpaired) electrons. The molecule has 0 spiro atoms. The molecule has 1 aromatic rings. The van der Waals surface area contributed by atoms with Gasteiger partial charge in [-0.3, -0.25) is 0 Å². The first-order valence-corrected chi connectivity index (χ1v) is 8.67. The van der Waals surface area contributed by atoms with Crippen molar-refractivity contribution in [1.82, 2.24) is 10.0 Å². The predicted molar refractivity (Wildman–Crippen MR) is 81.0 cm³/mol. The van der Waals surface area contributed by atoms with Crippen LogP contribution in [-0.2, 0) is 16.6 Å². The van der Waals surface area contributed by atoms with E-state index in [2.05, 4.69) is 17.0 Å². The first-order chi connectivity index (χ1) is 9.47. The van der Waals surface area contributed by atoms with Crippen LogP contribution in [0.5, 0.6) is 0 Å². The normalized spacial score (nSPS) is 18.3. The molecule has 1 aliphatic rings. The lowest BCUT2D eigenvalue weighted by Gasteiger charge is -2.24. The van der Waals surface area contributed by atoms with Crippen molar-refractivity contribution in [3.63, 3.8) is 0 Å². The minimum absolute atomic E-state index is 0.116. The molecule has 2 N–H and O–H groups in total. The largest absolute Gasteiger partial charge is 0.316 e. The first-order valence-electron chi connectivity index (χ1n) is 7.19. The number of hydrogen-bond acceptors (Lipinski definition) is 3. The van der Waals surface area contributed by atoms with E-state index in [1.165, 1.54) is 12.8 Å². The molecule has 1 aliphatic carbocycles. The van der Waals surface area contributed by atoms with Crippen LogP contribution in [0.4, 0.5) is 0 Å². The van der Waals surface area contributed by atoms with E-state index in [0.717, 1.165) is 18.4 Å². The highest BCUT2D eigenvalue weighted by atomic mass is 32.2. The summed E-state index contributed by atoms with van der Waals surface area (Å²) in [6.45, 7) is 3.25. The van der Waals surface area contributed by atoms with Crippen molar-refractivity contribution in [2.24, 2.45) is 5.41 Å². The Morgan fingerprint density at radius 3 is 2.50 bits per heavy atom. The number of hydrogen-bond donors (Lipinski definition) is 2. The first kappa shape index (κ1) is 15.5. The molecule has 0 bridgehead atoms. The van der Waals surface area contributed by atoms with Crippen molar-refractivity contribution < 1.29 is 8.42 Å². The van der Waals surface area contributed by atoms with E-state index >= 15 is 0 Å². The summed E-state index contributed by atoms with van der Waals surface area (Å²) in [5.74, 6) is 0. The van der Waals surface area contributed by atoms with Gasteiger partial charge in [0.05, 0.1) is 4.90 Å². The fraction of sp³-hybridized carbons (Fsp3) is 0.600. The maximum Gasteiger partial charge on any atom is 0.240 e. The molecular formula is C15H24N2O2S. The van der Waals surface area contributed by atoms with Crippen molar-refractivity contribution in [2.75, 3.05) is 13.6 Å². The molecule has 4 nitrogen and oxygen atoms in total. The quantitative estimate of drug-likeness (QED) is 0.846. The molecule has 0 heterocycles. The van der Waals surface area contributed by atoms with E-state index in [1.807, 2.05) is 19.2 Å². The van der Waals surface area contributed by atoms with Gasteiger partial charge in [0.15, 0.2) is 0 Å². The molecular weight excluding hydrogens is 272 g/mol. The Balaban J connectivity index is 2.14. The van der Waals surface area contributed by atoms with E-state index < -0.39 is 10.0 Å². The summed E-state index contributed by atoms with van der Waals surface area (Å²) in [6, 6.07) is 7.16. The molecule has 112 valence electrons. The molecule has 0 unspecified atom stereocenters. The van der Waals surface area contributed by atoms with E-state index in [1.54, 1.807) is 12.1 Å². The topological polar surface area (TPSA) is 58.2 Å². The highest BCUT2D eigenvalue weighted by Gasteiger charge is 2.30. The van der Waals surface area contributed by atoms with Crippen LogP contribution in [0, 0.1) is 5.41 Å². The molecule has 1 fully saturated rings. The van der Waals surface area contributed by atoms with Gasteiger partial charge in [-0.05, 0) is 36.9 Å². The molecule has 1 aromatic carbocycles. The van der Waals surface area contributed by atoms with Gasteiger partial charge < -0.3 is 5.32 Å². The van der Waals surface area contributed by atoms with Gasteiger partial charge in [0.1, 0.15) is 0 Å². The molecule has 0 amide bonds. The maximum absolute atomic E-state index is 12.5. The van der Waals surface area contributed by atoms with Crippen LogP contribution in [0.3, 0.4) is 0 Å². The Hall–Kier alpha value is -0.910. The highest BCUT2D eigenvalue weighted by Crippen LogP contribution is 2.37. The van der Waals surface area contributed by atoms with Crippen LogP contribution in [0.25, 0.3) is 0 Å². The predicted octanol–water partition coefficient (Wildman–Crippen LogP) is 2.26. The third-order valence-electron chi connectivity index (χ3n) is 4.13. The van der Waals surface area contributed by atoms with Gasteiger partial charge >= 0.3 is 0 Å². The average molecular weight is 296 g/mol. The molecule has 5 heteroatoms. The van der Waals surface area contributed by atoms with Gasteiger partial charge in [0.25, 0.3) is 0 Å². The SMILES string of the molecule is CNCc1ccccc1S(=O)(=O)NCC1(C)CCCC1. The van der Waals surface area contributed by atoms with Gasteiger partial charge in [-0.2, -0.15) is 0 Å². The Kier molecular flexibility index (Phi) is 4.83. The number of benzene rings is 1. The summed E-state index contributed by atoms with van der Waals surface area (Å²) < 4.78 is 27.8. The minimum atomic E-state index is -3.43. The van der Waals surface area contributed by atoms with Gasteiger partial charge in [-0.25, -0.2) is 13.1 Å². The number of nitrogens with one attached hydrogen (secondary N) is 2. The van der Waals surface area contributed by atoms with Crippen molar-refractivity contribution >= 4 is 10.0 Å². The lowest BCUT2D eigenvalue weighted by Crippen LogP contribution is -2.34. The zero-order valence-electron chi connectivity index (χ0n) is 12.3. The minimum Gasteiger partial charge on any atom is -0.316 e. The van der Waals surface area contributed by atoms with Crippen LogP contribution in [-0.4, -0.2) is 22.0 Å². The summed E-state index contributed by atoms with van der Waals surface area (Å²) >= 11 is 0. The standard InChI is InChI=1S/C15H24N2O2S/c1-15(9-5-6-10-15)12-17-20(18,19)14-8-4-3-7-13(14)11-16-2/h3-4,7-8,16-17H,5-6,9-12H2,1-2H3. The number of rotatable bonds is 6. The Morgan fingerprint density at radius 2 is 1.85 bits per heavy atom. The summed E-state index contributed by atoms with van der Waals surface area (Å²) in [6.07, 6.45) is 4.62. The van der Waals surface area contributed by atoms with E-state index in [-0.39, 0.29) is 5.41 Å². The lowest BCUT2D eigenvalue weighted by molar-refractivity contribution is 0.336. The highest BCUT2D eigenvalue weighted by molar-refractivity contribution is 7.89. The van der Waals surface area contributed by atoms with Crippen LogP contribution in [0.2, 0.25) is 0 Å². The lowest BCUT2D eigenvalue weighted by atomic mass is 9.89. The molecule has 20 heavy (non-hydrogen) atoms. The third-order valence-corrected chi connectivity index (χ3v) is 5.63. The van der Waals surface area contributed by atoms with Gasteiger partial charge in [-0.15, -0.1) is 0 Å². The van der Waals surface area contributed by atoms with Crippen LogP contribution < -0.4 is 10.0 Å². The average Bonchev–Trinajstić information content (AvgIpc) is 2.85. The molecule has 2 rings (SSSR count). The van der Waals surface area contributed by atoms with E-state index in [9.17, 15) is 8.42 Å². The summed E-state index contributed by atoms with van der Waals surface area (Å²) in [4.78, 5) is 0.385. The van der Waals surface area contributed by atoms with Crippen molar-refractivity contribution in [1.29, 1.82) is 0 Å². The molecule has 1 saturated carbocycles. The second kappa shape index (κ2) is 6.24. The molecule has 0 saturated heterocycles.